The second kappa shape index (κ2) is 8.24. The summed E-state index contributed by atoms with van der Waals surface area (Å²) in [4.78, 5) is 27.7. The molecule has 3 aromatic rings. The number of halogens is 3. The lowest BCUT2D eigenvalue weighted by Gasteiger charge is -2.17. The van der Waals surface area contributed by atoms with Crippen molar-refractivity contribution in [2.75, 3.05) is 10.2 Å². The molecule has 0 saturated carbocycles. The van der Waals surface area contributed by atoms with Crippen molar-refractivity contribution in [3.63, 3.8) is 0 Å². The summed E-state index contributed by atoms with van der Waals surface area (Å²) in [5.74, 6) is -1.23. The van der Waals surface area contributed by atoms with Crippen molar-refractivity contribution < 1.29 is 22.8 Å². The van der Waals surface area contributed by atoms with E-state index >= 15 is 0 Å². The van der Waals surface area contributed by atoms with Crippen molar-refractivity contribution >= 4 is 28.8 Å². The molecule has 0 atom stereocenters. The summed E-state index contributed by atoms with van der Waals surface area (Å²) in [7, 11) is 0. The van der Waals surface area contributed by atoms with Crippen LogP contribution >= 0.6 is 0 Å². The number of aryl methyl sites for hydroxylation is 2. The van der Waals surface area contributed by atoms with Crippen LogP contribution in [0.4, 0.5) is 24.5 Å². The quantitative estimate of drug-likeness (QED) is 0.494. The molecule has 4 rings (SSSR count). The number of benzene rings is 3. The van der Waals surface area contributed by atoms with Gasteiger partial charge in [-0.1, -0.05) is 42.0 Å². The first-order valence-electron chi connectivity index (χ1n) is 10.3. The predicted octanol–water partition coefficient (Wildman–Crippen LogP) is 6.03. The zero-order chi connectivity index (χ0) is 23.9. The fourth-order valence-corrected chi connectivity index (χ4v) is 3.69. The van der Waals surface area contributed by atoms with E-state index in [0.717, 1.165) is 45.9 Å². The maximum Gasteiger partial charge on any atom is 0.416 e. The molecule has 3 aromatic carbocycles. The molecule has 0 spiro atoms. The summed E-state index contributed by atoms with van der Waals surface area (Å²) in [6.45, 7) is 5.74. The largest absolute Gasteiger partial charge is 0.416 e. The number of imide groups is 1. The van der Waals surface area contributed by atoms with Crippen molar-refractivity contribution in [3.8, 4) is 0 Å². The fraction of sp³-hybridized carbons (Fsp3) is 0.154. The highest BCUT2D eigenvalue weighted by molar-refractivity contribution is 6.46. The Labute approximate surface area is 189 Å². The molecule has 1 aliphatic rings. The Kier molecular flexibility index (Phi) is 5.57. The lowest BCUT2D eigenvalue weighted by molar-refractivity contribution is -0.137. The molecule has 1 heterocycles. The van der Waals surface area contributed by atoms with Crippen molar-refractivity contribution in [2.24, 2.45) is 0 Å². The summed E-state index contributed by atoms with van der Waals surface area (Å²) >= 11 is 0. The molecule has 33 heavy (non-hydrogen) atoms. The van der Waals surface area contributed by atoms with Gasteiger partial charge in [-0.05, 0) is 67.8 Å². The van der Waals surface area contributed by atoms with Crippen LogP contribution in [0.2, 0.25) is 0 Å². The number of rotatable bonds is 4. The number of hydrogen-bond donors (Lipinski definition) is 1. The topological polar surface area (TPSA) is 49.4 Å². The highest BCUT2D eigenvalue weighted by Crippen LogP contribution is 2.36. The summed E-state index contributed by atoms with van der Waals surface area (Å²) in [6.07, 6.45) is -4.52. The third-order valence-corrected chi connectivity index (χ3v) is 5.74. The van der Waals surface area contributed by atoms with E-state index in [-0.39, 0.29) is 17.0 Å². The van der Waals surface area contributed by atoms with Gasteiger partial charge in [-0.25, -0.2) is 4.90 Å². The van der Waals surface area contributed by atoms with E-state index in [9.17, 15) is 22.8 Å². The van der Waals surface area contributed by atoms with Crippen LogP contribution in [0.25, 0.3) is 5.57 Å². The van der Waals surface area contributed by atoms with Crippen LogP contribution in [-0.4, -0.2) is 11.8 Å². The molecular weight excluding hydrogens is 429 g/mol. The third kappa shape index (κ3) is 4.14. The smallest absolute Gasteiger partial charge is 0.350 e. The van der Waals surface area contributed by atoms with Gasteiger partial charge < -0.3 is 5.32 Å². The standard InChI is InChI=1S/C26H21F3N2O2/c1-15-7-9-18(10-8-15)22-23(30-21-6-4-5-16(2)17(21)3)25(33)31(24(22)32)20-13-11-19(12-14-20)26(27,28)29/h4-14,30H,1-3H3. The number of nitrogens with zero attached hydrogens (tertiary/aromatic N) is 1. The van der Waals surface area contributed by atoms with E-state index in [1.54, 1.807) is 18.2 Å². The van der Waals surface area contributed by atoms with E-state index in [1.165, 1.54) is 0 Å². The van der Waals surface area contributed by atoms with Crippen molar-refractivity contribution in [1.82, 2.24) is 0 Å². The Morgan fingerprint density at radius 2 is 1.42 bits per heavy atom. The fourth-order valence-electron chi connectivity index (χ4n) is 3.69. The van der Waals surface area contributed by atoms with Crippen LogP contribution in [0.1, 0.15) is 27.8 Å². The first-order valence-corrected chi connectivity index (χ1v) is 10.3. The van der Waals surface area contributed by atoms with Gasteiger partial charge in [0.1, 0.15) is 5.70 Å². The van der Waals surface area contributed by atoms with E-state index in [1.807, 2.05) is 45.0 Å². The van der Waals surface area contributed by atoms with Crippen molar-refractivity contribution in [2.45, 2.75) is 26.9 Å². The number of carbonyl (C=O) groups excluding carboxylic acids is 2. The minimum atomic E-state index is -4.52. The van der Waals surface area contributed by atoms with Gasteiger partial charge in [0.25, 0.3) is 11.8 Å². The van der Waals surface area contributed by atoms with E-state index in [4.69, 9.17) is 0 Å². The van der Waals surface area contributed by atoms with Gasteiger partial charge in [0, 0.05) is 5.69 Å². The van der Waals surface area contributed by atoms with E-state index < -0.39 is 23.6 Å². The maximum absolute atomic E-state index is 13.4. The highest BCUT2D eigenvalue weighted by atomic mass is 19.4. The lowest BCUT2D eigenvalue weighted by atomic mass is 10.0. The normalized spacial score (nSPS) is 14.3. The number of amides is 2. The molecule has 0 radical (unpaired) electrons. The molecule has 168 valence electrons. The third-order valence-electron chi connectivity index (χ3n) is 5.74. The number of nitrogens with one attached hydrogen (secondary N) is 1. The van der Waals surface area contributed by atoms with Crippen molar-refractivity contribution in [1.29, 1.82) is 0 Å². The minimum Gasteiger partial charge on any atom is -0.350 e. The molecular formula is C26H21F3N2O2. The van der Waals surface area contributed by atoms with Crippen LogP contribution in [0.3, 0.4) is 0 Å². The minimum absolute atomic E-state index is 0.0698. The summed E-state index contributed by atoms with van der Waals surface area (Å²) in [5, 5.41) is 3.12. The number of carbonyl (C=O) groups is 2. The van der Waals surface area contributed by atoms with E-state index in [0.29, 0.717) is 11.3 Å². The van der Waals surface area contributed by atoms with Crippen molar-refractivity contribution in [3.05, 3.63) is 100 Å². The first kappa shape index (κ1) is 22.3. The maximum atomic E-state index is 13.4. The first-order chi connectivity index (χ1) is 15.6. The van der Waals surface area contributed by atoms with Crippen LogP contribution in [0.5, 0.6) is 0 Å². The van der Waals surface area contributed by atoms with Crippen LogP contribution in [0.15, 0.2) is 72.4 Å². The highest BCUT2D eigenvalue weighted by Gasteiger charge is 2.41. The molecule has 1 N–H and O–H groups in total. The average molecular weight is 450 g/mol. The Bertz CT molecular complexity index is 1270. The molecule has 7 heteroatoms. The molecule has 0 fully saturated rings. The molecule has 0 unspecified atom stereocenters. The Hall–Kier alpha value is -3.87. The van der Waals surface area contributed by atoms with Gasteiger partial charge in [-0.15, -0.1) is 0 Å². The number of anilines is 2. The van der Waals surface area contributed by atoms with Gasteiger partial charge in [0.2, 0.25) is 0 Å². The molecule has 0 saturated heterocycles. The molecule has 4 nitrogen and oxygen atoms in total. The SMILES string of the molecule is Cc1ccc(C2=C(Nc3cccc(C)c3C)C(=O)N(c3ccc(C(F)(F)F)cc3)C2=O)cc1. The van der Waals surface area contributed by atoms with Crippen LogP contribution in [0, 0.1) is 20.8 Å². The molecule has 0 aliphatic carbocycles. The second-order valence-corrected chi connectivity index (χ2v) is 7.98. The summed E-state index contributed by atoms with van der Waals surface area (Å²) in [5.41, 5.74) is 3.59. The van der Waals surface area contributed by atoms with Gasteiger partial charge >= 0.3 is 6.18 Å². The van der Waals surface area contributed by atoms with Crippen LogP contribution < -0.4 is 10.2 Å². The van der Waals surface area contributed by atoms with Crippen LogP contribution in [-0.2, 0) is 15.8 Å². The predicted molar refractivity (Wildman–Crippen MR) is 122 cm³/mol. The average Bonchev–Trinajstić information content (AvgIpc) is 3.01. The summed E-state index contributed by atoms with van der Waals surface area (Å²) in [6, 6.07) is 16.7. The van der Waals surface area contributed by atoms with E-state index in [2.05, 4.69) is 5.32 Å². The molecule has 0 aromatic heterocycles. The monoisotopic (exact) mass is 450 g/mol. The zero-order valence-corrected chi connectivity index (χ0v) is 18.2. The van der Waals surface area contributed by atoms with Gasteiger partial charge in [-0.2, -0.15) is 13.2 Å². The Balaban J connectivity index is 1.80. The summed E-state index contributed by atoms with van der Waals surface area (Å²) < 4.78 is 38.9. The molecule has 1 aliphatic heterocycles. The molecule has 2 amide bonds. The van der Waals surface area contributed by atoms with Gasteiger partial charge in [-0.3, -0.25) is 9.59 Å². The van der Waals surface area contributed by atoms with Gasteiger partial charge in [0.05, 0.1) is 16.8 Å². The zero-order valence-electron chi connectivity index (χ0n) is 18.2. The lowest BCUT2D eigenvalue weighted by Crippen LogP contribution is -2.32. The number of hydrogen-bond acceptors (Lipinski definition) is 3. The Morgan fingerprint density at radius 1 is 0.788 bits per heavy atom. The molecule has 0 bridgehead atoms. The van der Waals surface area contributed by atoms with Gasteiger partial charge in [0.15, 0.2) is 0 Å². The number of alkyl halides is 3. The Morgan fingerprint density at radius 3 is 2.03 bits per heavy atom. The second-order valence-electron chi connectivity index (χ2n) is 7.98.